The largest absolute Gasteiger partial charge is 0.345 e. The lowest BCUT2D eigenvalue weighted by atomic mass is 9.83. The van der Waals surface area contributed by atoms with Crippen LogP contribution >= 0.6 is 0 Å². The number of hydrazone groups is 1. The van der Waals surface area contributed by atoms with Gasteiger partial charge in [-0.3, -0.25) is 9.59 Å². The Labute approximate surface area is 130 Å². The first kappa shape index (κ1) is 14.8. The monoisotopic (exact) mass is 299 g/mol. The number of benzene rings is 1. The van der Waals surface area contributed by atoms with E-state index in [9.17, 15) is 9.59 Å². The van der Waals surface area contributed by atoms with Crippen molar-refractivity contribution in [3.8, 4) is 0 Å². The normalized spacial score (nSPS) is 21.1. The Balaban J connectivity index is 1.46. The molecule has 2 aliphatic rings. The Morgan fingerprint density at radius 2 is 1.64 bits per heavy atom. The molecule has 22 heavy (non-hydrogen) atoms. The van der Waals surface area contributed by atoms with Gasteiger partial charge in [0.05, 0.1) is 0 Å². The molecule has 0 aromatic heterocycles. The van der Waals surface area contributed by atoms with E-state index in [0.717, 1.165) is 44.2 Å². The Hall–Kier alpha value is -2.17. The van der Waals surface area contributed by atoms with Crippen LogP contribution in [0.25, 0.3) is 0 Å². The molecule has 5 nitrogen and oxygen atoms in total. The molecule has 2 saturated carbocycles. The molecule has 3 rings (SSSR count). The van der Waals surface area contributed by atoms with E-state index in [-0.39, 0.29) is 6.04 Å². The highest BCUT2D eigenvalue weighted by Crippen LogP contribution is 2.31. The van der Waals surface area contributed by atoms with Crippen LogP contribution in [0.1, 0.15) is 50.0 Å². The van der Waals surface area contributed by atoms with Crippen LogP contribution < -0.4 is 10.7 Å². The standard InChI is InChI=1S/C17H21N3O2/c21-16(18-14-10-11-14)17(22)20-19-15-8-6-13(7-9-15)12-4-2-1-3-5-12/h1-5,13-14H,6-11H2,(H,18,21)(H,20,22). The number of carbonyl (C=O) groups is 2. The minimum Gasteiger partial charge on any atom is -0.345 e. The van der Waals surface area contributed by atoms with Crippen LogP contribution in [-0.4, -0.2) is 23.6 Å². The molecule has 2 amide bonds. The lowest BCUT2D eigenvalue weighted by molar-refractivity contribution is -0.139. The third kappa shape index (κ3) is 3.93. The number of rotatable bonds is 3. The molecule has 0 atom stereocenters. The fraction of sp³-hybridized carbons (Fsp3) is 0.471. The maximum atomic E-state index is 11.6. The first-order valence-corrected chi connectivity index (χ1v) is 7.93. The molecule has 1 aromatic rings. The molecule has 2 aliphatic carbocycles. The van der Waals surface area contributed by atoms with E-state index in [1.807, 2.05) is 6.07 Å². The second-order valence-electron chi connectivity index (χ2n) is 6.05. The van der Waals surface area contributed by atoms with E-state index in [0.29, 0.717) is 5.92 Å². The summed E-state index contributed by atoms with van der Waals surface area (Å²) in [4.78, 5) is 23.1. The van der Waals surface area contributed by atoms with Gasteiger partial charge in [0.2, 0.25) is 0 Å². The molecule has 0 unspecified atom stereocenters. The van der Waals surface area contributed by atoms with Crippen molar-refractivity contribution in [3.63, 3.8) is 0 Å². The van der Waals surface area contributed by atoms with Gasteiger partial charge < -0.3 is 5.32 Å². The summed E-state index contributed by atoms with van der Waals surface area (Å²) in [6.45, 7) is 0. The summed E-state index contributed by atoms with van der Waals surface area (Å²) in [5.74, 6) is -0.677. The molecule has 1 aromatic carbocycles. The van der Waals surface area contributed by atoms with Gasteiger partial charge in [-0.25, -0.2) is 5.43 Å². The lowest BCUT2D eigenvalue weighted by Gasteiger charge is -2.23. The third-order valence-corrected chi connectivity index (χ3v) is 4.27. The molecule has 0 radical (unpaired) electrons. The zero-order valence-corrected chi connectivity index (χ0v) is 12.5. The fourth-order valence-electron chi connectivity index (χ4n) is 2.78. The number of carbonyl (C=O) groups excluding carboxylic acids is 2. The van der Waals surface area contributed by atoms with Crippen molar-refractivity contribution in [2.75, 3.05) is 0 Å². The van der Waals surface area contributed by atoms with E-state index >= 15 is 0 Å². The molecular weight excluding hydrogens is 278 g/mol. The molecule has 5 heteroatoms. The highest BCUT2D eigenvalue weighted by atomic mass is 16.2. The van der Waals surface area contributed by atoms with Gasteiger partial charge in [-0.2, -0.15) is 5.10 Å². The Morgan fingerprint density at radius 3 is 2.27 bits per heavy atom. The van der Waals surface area contributed by atoms with E-state index in [2.05, 4.69) is 40.1 Å². The van der Waals surface area contributed by atoms with Crippen molar-refractivity contribution in [3.05, 3.63) is 35.9 Å². The highest BCUT2D eigenvalue weighted by Gasteiger charge is 2.26. The van der Waals surface area contributed by atoms with Gasteiger partial charge in [0.15, 0.2) is 0 Å². The summed E-state index contributed by atoms with van der Waals surface area (Å²) in [7, 11) is 0. The predicted molar refractivity (Wildman–Crippen MR) is 84.4 cm³/mol. The zero-order chi connectivity index (χ0) is 15.4. The molecule has 2 N–H and O–H groups in total. The van der Waals surface area contributed by atoms with Crippen molar-refractivity contribution < 1.29 is 9.59 Å². The Bertz CT molecular complexity index is 569. The van der Waals surface area contributed by atoms with E-state index in [1.54, 1.807) is 0 Å². The van der Waals surface area contributed by atoms with Gasteiger partial charge in [-0.1, -0.05) is 30.3 Å². The topological polar surface area (TPSA) is 70.6 Å². The predicted octanol–water partition coefficient (Wildman–Crippen LogP) is 2.09. The number of nitrogens with zero attached hydrogens (tertiary/aromatic N) is 1. The van der Waals surface area contributed by atoms with Crippen molar-refractivity contribution in [1.29, 1.82) is 0 Å². The first-order chi connectivity index (χ1) is 10.7. The molecular formula is C17H21N3O2. The van der Waals surface area contributed by atoms with Gasteiger partial charge in [-0.05, 0) is 50.0 Å². The molecule has 0 saturated heterocycles. The van der Waals surface area contributed by atoms with Crippen LogP contribution in [-0.2, 0) is 9.59 Å². The SMILES string of the molecule is O=C(NN=C1CCC(c2ccccc2)CC1)C(=O)NC1CC1. The Kier molecular flexibility index (Phi) is 4.51. The third-order valence-electron chi connectivity index (χ3n) is 4.27. The minimum absolute atomic E-state index is 0.187. The summed E-state index contributed by atoms with van der Waals surface area (Å²) in [6.07, 6.45) is 5.73. The van der Waals surface area contributed by atoms with Crippen LogP contribution in [0.2, 0.25) is 0 Å². The average Bonchev–Trinajstić information content (AvgIpc) is 3.38. The number of amides is 2. The van der Waals surface area contributed by atoms with Crippen LogP contribution in [0.3, 0.4) is 0 Å². The number of hydrogen-bond acceptors (Lipinski definition) is 3. The van der Waals surface area contributed by atoms with E-state index in [1.165, 1.54) is 5.56 Å². The van der Waals surface area contributed by atoms with E-state index < -0.39 is 11.8 Å². The number of nitrogens with one attached hydrogen (secondary N) is 2. The fourth-order valence-corrected chi connectivity index (χ4v) is 2.78. The molecule has 116 valence electrons. The second kappa shape index (κ2) is 6.73. The van der Waals surface area contributed by atoms with Crippen molar-refractivity contribution in [1.82, 2.24) is 10.7 Å². The Morgan fingerprint density at radius 1 is 0.955 bits per heavy atom. The van der Waals surface area contributed by atoms with Crippen LogP contribution in [0.5, 0.6) is 0 Å². The average molecular weight is 299 g/mol. The van der Waals surface area contributed by atoms with Gasteiger partial charge in [-0.15, -0.1) is 0 Å². The van der Waals surface area contributed by atoms with Crippen LogP contribution in [0.4, 0.5) is 0 Å². The maximum Gasteiger partial charge on any atom is 0.329 e. The van der Waals surface area contributed by atoms with Gasteiger partial charge in [0.1, 0.15) is 0 Å². The van der Waals surface area contributed by atoms with Gasteiger partial charge >= 0.3 is 11.8 Å². The van der Waals surface area contributed by atoms with Crippen LogP contribution in [0.15, 0.2) is 35.4 Å². The molecule has 0 aliphatic heterocycles. The zero-order valence-electron chi connectivity index (χ0n) is 12.5. The lowest BCUT2D eigenvalue weighted by Crippen LogP contribution is -2.39. The summed E-state index contributed by atoms with van der Waals surface area (Å²) in [5.41, 5.74) is 4.72. The van der Waals surface area contributed by atoms with Crippen molar-refractivity contribution in [2.45, 2.75) is 50.5 Å². The summed E-state index contributed by atoms with van der Waals surface area (Å²) in [5, 5.41) is 6.77. The maximum absolute atomic E-state index is 11.6. The molecule has 2 fully saturated rings. The quantitative estimate of drug-likeness (QED) is 0.663. The second-order valence-corrected chi connectivity index (χ2v) is 6.05. The van der Waals surface area contributed by atoms with Crippen LogP contribution in [0, 0.1) is 0 Å². The smallest absolute Gasteiger partial charge is 0.329 e. The van der Waals surface area contributed by atoms with E-state index in [4.69, 9.17) is 0 Å². The van der Waals surface area contributed by atoms with Crippen molar-refractivity contribution >= 4 is 17.5 Å². The summed E-state index contributed by atoms with van der Waals surface area (Å²) >= 11 is 0. The summed E-state index contributed by atoms with van der Waals surface area (Å²) < 4.78 is 0. The van der Waals surface area contributed by atoms with Gasteiger partial charge in [0.25, 0.3) is 0 Å². The van der Waals surface area contributed by atoms with Crippen molar-refractivity contribution in [2.24, 2.45) is 5.10 Å². The number of hydrogen-bond donors (Lipinski definition) is 2. The molecule has 0 spiro atoms. The highest BCUT2D eigenvalue weighted by molar-refractivity contribution is 6.35. The minimum atomic E-state index is -0.662. The first-order valence-electron chi connectivity index (χ1n) is 7.93. The molecule has 0 bridgehead atoms. The summed E-state index contributed by atoms with van der Waals surface area (Å²) in [6, 6.07) is 10.7. The molecule has 0 heterocycles. The van der Waals surface area contributed by atoms with Gasteiger partial charge in [0, 0.05) is 11.8 Å².